The minimum atomic E-state index is -1.83. The molecule has 78 valence electrons. The number of halogens is 5. The fraction of sp³-hybridized carbons (Fsp3) is 0.200. The summed E-state index contributed by atoms with van der Waals surface area (Å²) in [4.78, 5) is 22.5. The molecule has 0 bridgehead atoms. The Bertz CT molecular complexity index is 312. The fourth-order valence-corrected chi connectivity index (χ4v) is 2.25. The Balaban J connectivity index is 2.88. The first-order valence-electron chi connectivity index (χ1n) is 2.94. The van der Waals surface area contributed by atoms with E-state index in [1.54, 1.807) is 0 Å². The number of rotatable bonds is 1. The minimum Gasteiger partial charge on any atom is -0.267 e. The summed E-state index contributed by atoms with van der Waals surface area (Å²) in [5.74, 6) is -1.59. The lowest BCUT2D eigenvalue weighted by molar-refractivity contribution is -0.130. The highest BCUT2D eigenvalue weighted by Crippen LogP contribution is 2.44. The van der Waals surface area contributed by atoms with Crippen LogP contribution in [0, 0.1) is 0 Å². The van der Waals surface area contributed by atoms with Gasteiger partial charge in [-0.1, -0.05) is 58.0 Å². The van der Waals surface area contributed by atoms with E-state index in [4.69, 9.17) is 58.0 Å². The van der Waals surface area contributed by atoms with Gasteiger partial charge in [-0.3, -0.25) is 9.59 Å². The molecule has 0 fully saturated rings. The fourth-order valence-electron chi connectivity index (χ4n) is 0.645. The maximum absolute atomic E-state index is 11.2. The van der Waals surface area contributed by atoms with E-state index in [1.165, 1.54) is 0 Å². The lowest BCUT2D eigenvalue weighted by Gasteiger charge is -2.17. The summed E-state index contributed by atoms with van der Waals surface area (Å²) in [7, 11) is 0. The summed E-state index contributed by atoms with van der Waals surface area (Å²) in [5, 5.41) is -0.753. The average Bonchev–Trinajstić information content (AvgIpc) is 2.20. The van der Waals surface area contributed by atoms with Gasteiger partial charge in [0.05, 0.1) is 0 Å². The molecule has 0 aromatic rings. The van der Waals surface area contributed by atoms with Crippen molar-refractivity contribution in [2.24, 2.45) is 0 Å². The summed E-state index contributed by atoms with van der Waals surface area (Å²) in [6.07, 6.45) is 0. The highest BCUT2D eigenvalue weighted by Gasteiger charge is 2.41. The van der Waals surface area contributed by atoms with Crippen molar-refractivity contribution in [3.63, 3.8) is 0 Å². The van der Waals surface area contributed by atoms with E-state index in [-0.39, 0.29) is 10.1 Å². The van der Waals surface area contributed by atoms with Crippen LogP contribution in [0.3, 0.4) is 0 Å². The quantitative estimate of drug-likeness (QED) is 0.424. The molecule has 0 N–H and O–H groups in total. The van der Waals surface area contributed by atoms with Crippen molar-refractivity contribution in [1.29, 1.82) is 0 Å². The first kappa shape index (κ1) is 12.7. The summed E-state index contributed by atoms with van der Waals surface area (Å²) in [6.45, 7) is 0. The van der Waals surface area contributed by atoms with Gasteiger partial charge in [-0.15, -0.1) is 0 Å². The zero-order chi connectivity index (χ0) is 11.1. The summed E-state index contributed by atoms with van der Waals surface area (Å²) >= 11 is 27.4. The van der Waals surface area contributed by atoms with Gasteiger partial charge in [-0.25, -0.2) is 4.31 Å². The normalized spacial score (nSPS) is 18.5. The second-order valence-corrected chi connectivity index (χ2v) is 6.94. The van der Waals surface area contributed by atoms with Crippen LogP contribution in [-0.2, 0) is 9.59 Å². The van der Waals surface area contributed by atoms with E-state index < -0.39 is 14.9 Å². The first-order chi connectivity index (χ1) is 6.24. The van der Waals surface area contributed by atoms with Crippen molar-refractivity contribution >= 4 is 81.8 Å². The van der Waals surface area contributed by atoms with E-state index in [1.807, 2.05) is 0 Å². The molecule has 2 amide bonds. The third kappa shape index (κ3) is 2.62. The smallest absolute Gasteiger partial charge is 0.267 e. The second-order valence-electron chi connectivity index (χ2n) is 2.07. The molecule has 9 heteroatoms. The van der Waals surface area contributed by atoms with Crippen molar-refractivity contribution in [3.8, 4) is 0 Å². The SMILES string of the molecule is O=C1C(Cl)=C(Cl)C(=O)N1SC(Cl)(Cl)Cl. The zero-order valence-corrected chi connectivity index (χ0v) is 10.7. The van der Waals surface area contributed by atoms with Gasteiger partial charge in [-0.2, -0.15) is 0 Å². The molecule has 0 atom stereocenters. The lowest BCUT2D eigenvalue weighted by atomic mass is 10.5. The highest BCUT2D eigenvalue weighted by molar-refractivity contribution is 8.03. The molecule has 0 saturated carbocycles. The minimum absolute atomic E-state index is 0.376. The molecule has 1 aliphatic rings. The zero-order valence-electron chi connectivity index (χ0n) is 6.06. The molecule has 0 spiro atoms. The third-order valence-electron chi connectivity index (χ3n) is 1.13. The van der Waals surface area contributed by atoms with Gasteiger partial charge >= 0.3 is 0 Å². The Labute approximate surface area is 108 Å². The first-order valence-corrected chi connectivity index (χ1v) is 5.60. The van der Waals surface area contributed by atoms with E-state index in [9.17, 15) is 9.59 Å². The monoisotopic (exact) mass is 313 g/mol. The van der Waals surface area contributed by atoms with Crippen LogP contribution in [0.25, 0.3) is 0 Å². The van der Waals surface area contributed by atoms with E-state index in [2.05, 4.69) is 0 Å². The van der Waals surface area contributed by atoms with E-state index in [0.29, 0.717) is 16.3 Å². The van der Waals surface area contributed by atoms with Gasteiger partial charge in [0, 0.05) is 11.9 Å². The predicted octanol–water partition coefficient (Wildman–Crippen LogP) is 3.02. The Morgan fingerprint density at radius 2 is 1.36 bits per heavy atom. The van der Waals surface area contributed by atoms with Gasteiger partial charge in [0.25, 0.3) is 14.9 Å². The van der Waals surface area contributed by atoms with Crippen molar-refractivity contribution in [1.82, 2.24) is 4.31 Å². The number of carbonyl (C=O) groups excluding carboxylic acids is 2. The van der Waals surface area contributed by atoms with Gasteiger partial charge in [0.1, 0.15) is 10.1 Å². The van der Waals surface area contributed by atoms with Crippen LogP contribution in [0.15, 0.2) is 10.1 Å². The maximum atomic E-state index is 11.2. The van der Waals surface area contributed by atoms with Gasteiger partial charge in [0.15, 0.2) is 0 Å². The average molecular weight is 315 g/mol. The van der Waals surface area contributed by atoms with Crippen LogP contribution < -0.4 is 0 Å². The number of hydrogen-bond donors (Lipinski definition) is 0. The molecular formula is C5Cl5NO2S. The van der Waals surface area contributed by atoms with Gasteiger partial charge < -0.3 is 0 Å². The molecule has 14 heavy (non-hydrogen) atoms. The van der Waals surface area contributed by atoms with Crippen LogP contribution in [-0.4, -0.2) is 19.2 Å². The summed E-state index contributed by atoms with van der Waals surface area (Å²) < 4.78 is -1.23. The molecule has 1 heterocycles. The molecule has 0 aromatic carbocycles. The Kier molecular flexibility index (Phi) is 3.89. The van der Waals surface area contributed by atoms with Crippen molar-refractivity contribution in [3.05, 3.63) is 10.1 Å². The van der Waals surface area contributed by atoms with Crippen molar-refractivity contribution < 1.29 is 9.59 Å². The van der Waals surface area contributed by atoms with Crippen LogP contribution >= 0.6 is 70.0 Å². The lowest BCUT2D eigenvalue weighted by Crippen LogP contribution is -2.26. The Morgan fingerprint density at radius 1 is 1.00 bits per heavy atom. The number of alkyl halides is 3. The number of imide groups is 1. The largest absolute Gasteiger partial charge is 0.284 e. The molecule has 0 aromatic heterocycles. The van der Waals surface area contributed by atoms with E-state index >= 15 is 0 Å². The molecular weight excluding hydrogens is 315 g/mol. The molecule has 0 saturated heterocycles. The standard InChI is InChI=1S/C5Cl5NO2S/c6-1-2(7)4(13)11(3(1)12)14-5(8,9)10. The number of carbonyl (C=O) groups is 2. The topological polar surface area (TPSA) is 37.4 Å². The molecule has 0 aliphatic carbocycles. The second kappa shape index (κ2) is 4.28. The molecule has 1 rings (SSSR count). The highest BCUT2D eigenvalue weighted by atomic mass is 35.6. The maximum Gasteiger partial charge on any atom is 0.284 e. The molecule has 0 unspecified atom stereocenters. The van der Waals surface area contributed by atoms with E-state index in [0.717, 1.165) is 0 Å². The Morgan fingerprint density at radius 3 is 1.64 bits per heavy atom. The van der Waals surface area contributed by atoms with Crippen molar-refractivity contribution in [2.45, 2.75) is 3.12 Å². The summed E-state index contributed by atoms with van der Waals surface area (Å²) in [5.41, 5.74) is 0. The third-order valence-corrected chi connectivity index (χ3v) is 3.27. The van der Waals surface area contributed by atoms with Crippen molar-refractivity contribution in [2.75, 3.05) is 0 Å². The number of amides is 2. The molecule has 0 radical (unpaired) electrons. The Hall–Kier alpha value is 0.680. The number of nitrogens with zero attached hydrogens (tertiary/aromatic N) is 1. The van der Waals surface area contributed by atoms with Gasteiger partial charge in [0.2, 0.25) is 0 Å². The van der Waals surface area contributed by atoms with Crippen LogP contribution in [0.1, 0.15) is 0 Å². The molecule has 3 nitrogen and oxygen atoms in total. The molecule has 1 aliphatic heterocycles. The van der Waals surface area contributed by atoms with Crippen LogP contribution in [0.5, 0.6) is 0 Å². The summed E-state index contributed by atoms with van der Waals surface area (Å²) in [6, 6.07) is 0. The van der Waals surface area contributed by atoms with Crippen LogP contribution in [0.4, 0.5) is 0 Å². The van der Waals surface area contributed by atoms with Gasteiger partial charge in [-0.05, 0) is 0 Å². The van der Waals surface area contributed by atoms with Crippen LogP contribution in [0.2, 0.25) is 0 Å². The number of hydrogen-bond acceptors (Lipinski definition) is 3. The predicted molar refractivity (Wildman–Crippen MR) is 58.5 cm³/mol.